The highest BCUT2D eigenvalue weighted by molar-refractivity contribution is 5.99. The summed E-state index contributed by atoms with van der Waals surface area (Å²) < 4.78 is 1.83. The van der Waals surface area contributed by atoms with Gasteiger partial charge in [0, 0.05) is 101 Å². The van der Waals surface area contributed by atoms with E-state index in [1.54, 1.807) is 14.1 Å². The van der Waals surface area contributed by atoms with E-state index in [-0.39, 0.29) is 12.6 Å². The van der Waals surface area contributed by atoms with Crippen molar-refractivity contribution in [3.63, 3.8) is 0 Å². The van der Waals surface area contributed by atoms with Crippen molar-refractivity contribution >= 4 is 22.8 Å². The largest absolute Gasteiger partial charge is 0.395 e. The number of benzene rings is 2. The topological polar surface area (TPSA) is 106 Å². The van der Waals surface area contributed by atoms with Crippen LogP contribution in [0.1, 0.15) is 5.56 Å². The van der Waals surface area contributed by atoms with Crippen LogP contribution in [-0.4, -0.2) is 99.0 Å². The Morgan fingerprint density at radius 3 is 2.35 bits per heavy atom. The number of aliphatic hydroxyl groups excluding tert-OH is 1. The van der Waals surface area contributed by atoms with Gasteiger partial charge in [0.1, 0.15) is 11.3 Å². The number of anilines is 1. The summed E-state index contributed by atoms with van der Waals surface area (Å²) in [6.45, 7) is 5.96. The molecule has 0 atom stereocenters. The number of pyridine rings is 1. The molecule has 222 valence electrons. The number of rotatable bonds is 8. The molecule has 3 aromatic heterocycles. The van der Waals surface area contributed by atoms with Crippen molar-refractivity contribution in [3.05, 3.63) is 78.6 Å². The fourth-order valence-corrected chi connectivity index (χ4v) is 5.62. The number of β-amino-alcohol motifs (C(OH)–C–C–N with tert-alkyl or cyclic N) is 1. The standard InChI is InChI=1S/C33H38N8O2/c1-38(2)33(43)35-26-10-8-25(9-11-26)31-29(22-39(3)37-31)27-12-13-34-32-28(27)20-30(36-32)24-6-4-23(5-7-24)21-41-16-14-40(15-17-41)18-19-42/h4-13,20,22,42H,14-19,21H2,1-3H3,(H,34,36)(H,35,43). The Balaban J connectivity index is 1.23. The van der Waals surface area contributed by atoms with Crippen molar-refractivity contribution in [2.75, 3.05) is 58.7 Å². The first-order valence-corrected chi connectivity index (χ1v) is 14.6. The van der Waals surface area contributed by atoms with Gasteiger partial charge in [-0.15, -0.1) is 0 Å². The van der Waals surface area contributed by atoms with Crippen LogP contribution in [0.25, 0.3) is 44.7 Å². The zero-order chi connectivity index (χ0) is 29.9. The highest BCUT2D eigenvalue weighted by Gasteiger charge is 2.18. The van der Waals surface area contributed by atoms with E-state index in [4.69, 9.17) is 5.10 Å². The van der Waals surface area contributed by atoms with Gasteiger partial charge in [0.05, 0.1) is 6.61 Å². The summed E-state index contributed by atoms with van der Waals surface area (Å²) in [6.07, 6.45) is 3.87. The van der Waals surface area contributed by atoms with Crippen molar-refractivity contribution in [2.45, 2.75) is 6.54 Å². The lowest BCUT2D eigenvalue weighted by Crippen LogP contribution is -2.46. The first-order valence-electron chi connectivity index (χ1n) is 14.6. The molecule has 2 aromatic carbocycles. The number of urea groups is 1. The van der Waals surface area contributed by atoms with Crippen LogP contribution in [0.4, 0.5) is 10.5 Å². The van der Waals surface area contributed by atoms with Crippen LogP contribution < -0.4 is 5.32 Å². The number of H-pyrrole nitrogens is 1. The number of aromatic nitrogens is 4. The van der Waals surface area contributed by atoms with Gasteiger partial charge in [-0.05, 0) is 41.0 Å². The van der Waals surface area contributed by atoms with Gasteiger partial charge in [0.2, 0.25) is 0 Å². The molecule has 6 rings (SSSR count). The number of carbonyl (C=O) groups is 1. The average Bonchev–Trinajstić information content (AvgIpc) is 3.63. The molecule has 1 aliphatic heterocycles. The quantitative estimate of drug-likeness (QED) is 0.250. The third-order valence-corrected chi connectivity index (χ3v) is 8.02. The minimum atomic E-state index is -0.170. The predicted octanol–water partition coefficient (Wildman–Crippen LogP) is 4.50. The third-order valence-electron chi connectivity index (χ3n) is 8.02. The minimum absolute atomic E-state index is 0.170. The lowest BCUT2D eigenvalue weighted by atomic mass is 10.00. The van der Waals surface area contributed by atoms with Crippen molar-refractivity contribution in [1.82, 2.24) is 34.4 Å². The number of aromatic amines is 1. The maximum Gasteiger partial charge on any atom is 0.321 e. The van der Waals surface area contributed by atoms with Gasteiger partial charge in [-0.1, -0.05) is 36.4 Å². The Bertz CT molecular complexity index is 1700. The van der Waals surface area contributed by atoms with Crippen molar-refractivity contribution in [2.24, 2.45) is 7.05 Å². The fourth-order valence-electron chi connectivity index (χ4n) is 5.62. The Morgan fingerprint density at radius 2 is 1.65 bits per heavy atom. The molecule has 0 spiro atoms. The Kier molecular flexibility index (Phi) is 8.24. The lowest BCUT2D eigenvalue weighted by molar-refractivity contribution is 0.108. The van der Waals surface area contributed by atoms with Gasteiger partial charge in [0.15, 0.2) is 0 Å². The zero-order valence-corrected chi connectivity index (χ0v) is 24.9. The number of piperazine rings is 1. The molecule has 10 nitrogen and oxygen atoms in total. The number of nitrogens with one attached hydrogen (secondary N) is 2. The zero-order valence-electron chi connectivity index (χ0n) is 24.9. The summed E-state index contributed by atoms with van der Waals surface area (Å²) in [6, 6.07) is 20.6. The summed E-state index contributed by atoms with van der Waals surface area (Å²) in [5.74, 6) is 0. The molecule has 1 fully saturated rings. The van der Waals surface area contributed by atoms with Gasteiger partial charge in [-0.25, -0.2) is 9.78 Å². The molecule has 4 heterocycles. The summed E-state index contributed by atoms with van der Waals surface area (Å²) in [7, 11) is 5.36. The average molecular weight is 579 g/mol. The van der Waals surface area contributed by atoms with E-state index in [2.05, 4.69) is 55.4 Å². The number of hydrogen-bond donors (Lipinski definition) is 3. The number of nitrogens with zero attached hydrogens (tertiary/aromatic N) is 6. The maximum atomic E-state index is 12.0. The molecule has 10 heteroatoms. The monoisotopic (exact) mass is 578 g/mol. The smallest absolute Gasteiger partial charge is 0.321 e. The summed E-state index contributed by atoms with van der Waals surface area (Å²) in [5, 5.41) is 17.9. The number of carbonyl (C=O) groups excluding carboxylic acids is 1. The number of aliphatic hydroxyl groups is 1. The molecule has 5 aromatic rings. The number of aryl methyl sites for hydroxylation is 1. The van der Waals surface area contributed by atoms with E-state index in [0.717, 1.165) is 89.6 Å². The van der Waals surface area contributed by atoms with Crippen LogP contribution in [-0.2, 0) is 13.6 Å². The fraction of sp³-hybridized carbons (Fsp3) is 0.303. The molecule has 0 unspecified atom stereocenters. The molecular formula is C33H38N8O2. The van der Waals surface area contributed by atoms with Crippen LogP contribution in [0.15, 0.2) is 73.1 Å². The second-order valence-corrected chi connectivity index (χ2v) is 11.3. The van der Waals surface area contributed by atoms with Crippen molar-refractivity contribution in [1.29, 1.82) is 0 Å². The second-order valence-electron chi connectivity index (χ2n) is 11.3. The molecule has 1 saturated heterocycles. The van der Waals surface area contributed by atoms with Crippen LogP contribution in [0.3, 0.4) is 0 Å². The number of fused-ring (bicyclic) bond motifs is 1. The van der Waals surface area contributed by atoms with Crippen molar-refractivity contribution < 1.29 is 9.90 Å². The third kappa shape index (κ3) is 6.31. The predicted molar refractivity (Wildman–Crippen MR) is 171 cm³/mol. The molecule has 1 aliphatic rings. The van der Waals surface area contributed by atoms with E-state index in [0.29, 0.717) is 0 Å². The lowest BCUT2D eigenvalue weighted by Gasteiger charge is -2.34. The first kappa shape index (κ1) is 28.6. The van der Waals surface area contributed by atoms with E-state index >= 15 is 0 Å². The minimum Gasteiger partial charge on any atom is -0.395 e. The second kappa shape index (κ2) is 12.4. The van der Waals surface area contributed by atoms with E-state index in [1.807, 2.05) is 54.5 Å². The Morgan fingerprint density at radius 1 is 0.953 bits per heavy atom. The number of amides is 2. The first-order chi connectivity index (χ1) is 20.9. The molecule has 0 bridgehead atoms. The normalized spacial score (nSPS) is 14.3. The van der Waals surface area contributed by atoms with Gasteiger partial charge in [-0.3, -0.25) is 14.5 Å². The number of hydrogen-bond acceptors (Lipinski definition) is 6. The molecule has 0 saturated carbocycles. The van der Waals surface area contributed by atoms with Gasteiger partial charge >= 0.3 is 6.03 Å². The highest BCUT2D eigenvalue weighted by atomic mass is 16.3. The SMILES string of the molecule is CN(C)C(=O)Nc1ccc(-c2nn(C)cc2-c2ccnc3[nH]c(-c4ccc(CN5CCN(CCO)CC5)cc4)cc23)cc1. The van der Waals surface area contributed by atoms with Crippen LogP contribution in [0.5, 0.6) is 0 Å². The highest BCUT2D eigenvalue weighted by Crippen LogP contribution is 2.37. The maximum absolute atomic E-state index is 12.0. The summed E-state index contributed by atoms with van der Waals surface area (Å²) >= 11 is 0. The van der Waals surface area contributed by atoms with Gasteiger partial charge in [0.25, 0.3) is 0 Å². The van der Waals surface area contributed by atoms with E-state index < -0.39 is 0 Å². The Hall–Kier alpha value is -4.51. The van der Waals surface area contributed by atoms with E-state index in [1.165, 1.54) is 10.5 Å². The molecule has 43 heavy (non-hydrogen) atoms. The molecule has 0 radical (unpaired) electrons. The van der Waals surface area contributed by atoms with Crippen molar-refractivity contribution in [3.8, 4) is 33.6 Å². The summed E-state index contributed by atoms with van der Waals surface area (Å²) in [5.41, 5.74) is 8.88. The van der Waals surface area contributed by atoms with Crippen LogP contribution >= 0.6 is 0 Å². The Labute approximate surface area is 251 Å². The molecule has 0 aliphatic carbocycles. The van der Waals surface area contributed by atoms with Crippen LogP contribution in [0.2, 0.25) is 0 Å². The van der Waals surface area contributed by atoms with Gasteiger partial charge in [-0.2, -0.15) is 5.10 Å². The van der Waals surface area contributed by atoms with E-state index in [9.17, 15) is 9.90 Å². The molecule has 2 amide bonds. The summed E-state index contributed by atoms with van der Waals surface area (Å²) in [4.78, 5) is 26.5. The van der Waals surface area contributed by atoms with Gasteiger partial charge < -0.3 is 20.3 Å². The molecular weight excluding hydrogens is 540 g/mol. The molecule has 3 N–H and O–H groups in total. The van der Waals surface area contributed by atoms with Crippen LogP contribution in [0, 0.1) is 0 Å².